The summed E-state index contributed by atoms with van der Waals surface area (Å²) in [5, 5.41) is 0. The first-order valence-electron chi connectivity index (χ1n) is 10.2. The van der Waals surface area contributed by atoms with Crippen LogP contribution in [0.1, 0.15) is 27.7 Å². The van der Waals surface area contributed by atoms with Crippen LogP contribution in [0.2, 0.25) is 0 Å². The minimum atomic E-state index is -0.203. The average molecular weight is 519 g/mol. The van der Waals surface area contributed by atoms with Gasteiger partial charge in [-0.3, -0.25) is 9.89 Å². The number of hydrogen-bond donors (Lipinski definition) is 1. The van der Waals surface area contributed by atoms with Gasteiger partial charge < -0.3 is 20.3 Å². The first-order chi connectivity index (χ1) is 13.2. The lowest BCUT2D eigenvalue weighted by Crippen LogP contribution is -2.56. The molecule has 2 heterocycles. The molecule has 2 atom stereocenters. The molecule has 3 rings (SSSR count). The van der Waals surface area contributed by atoms with Gasteiger partial charge in [-0.2, -0.15) is 0 Å². The molecule has 1 aromatic carbocycles. The highest BCUT2D eigenvalue weighted by Gasteiger charge is 2.33. The fraction of sp³-hybridized carbons (Fsp3) is 0.667. The van der Waals surface area contributed by atoms with E-state index in [9.17, 15) is 4.39 Å². The van der Waals surface area contributed by atoms with Gasteiger partial charge in [-0.1, -0.05) is 0 Å². The van der Waals surface area contributed by atoms with Gasteiger partial charge in [0.2, 0.25) is 0 Å². The van der Waals surface area contributed by atoms with E-state index in [4.69, 9.17) is 15.5 Å². The molecule has 0 radical (unpaired) electrons. The number of halogens is 2. The molecule has 8 heteroatoms. The summed E-state index contributed by atoms with van der Waals surface area (Å²) in [6.07, 6.45) is 0.479. The zero-order chi connectivity index (χ0) is 20.3. The molecule has 2 aliphatic heterocycles. The lowest BCUT2D eigenvalue weighted by Gasteiger charge is -2.44. The van der Waals surface area contributed by atoms with Crippen molar-refractivity contribution < 1.29 is 9.13 Å². The molecule has 29 heavy (non-hydrogen) atoms. The Kier molecular flexibility index (Phi) is 8.54. The van der Waals surface area contributed by atoms with E-state index in [0.717, 1.165) is 45.0 Å². The molecule has 0 aliphatic carbocycles. The van der Waals surface area contributed by atoms with Gasteiger partial charge in [0, 0.05) is 50.5 Å². The van der Waals surface area contributed by atoms with Crippen LogP contribution in [0.15, 0.2) is 29.3 Å². The highest BCUT2D eigenvalue weighted by atomic mass is 127. The summed E-state index contributed by atoms with van der Waals surface area (Å²) in [7, 11) is 0. The Morgan fingerprint density at radius 3 is 2.21 bits per heavy atom. The summed E-state index contributed by atoms with van der Waals surface area (Å²) in [6.45, 7) is 14.5. The molecule has 0 bridgehead atoms. The van der Waals surface area contributed by atoms with Crippen LogP contribution in [0.3, 0.4) is 0 Å². The fourth-order valence-corrected chi connectivity index (χ4v) is 3.99. The molecule has 0 saturated carbocycles. The fourth-order valence-electron chi connectivity index (χ4n) is 3.99. The minimum Gasteiger partial charge on any atom is -0.373 e. The van der Waals surface area contributed by atoms with Crippen molar-refractivity contribution in [1.29, 1.82) is 0 Å². The Morgan fingerprint density at radius 2 is 1.66 bits per heavy atom. The first-order valence-corrected chi connectivity index (χ1v) is 10.2. The van der Waals surface area contributed by atoms with E-state index in [1.807, 2.05) is 12.1 Å². The number of rotatable bonds is 4. The third kappa shape index (κ3) is 6.42. The van der Waals surface area contributed by atoms with Crippen molar-refractivity contribution in [2.45, 2.75) is 45.4 Å². The van der Waals surface area contributed by atoms with Gasteiger partial charge in [-0.05, 0) is 52.0 Å². The number of nitrogens with two attached hydrogens (primary N) is 1. The number of morpholine rings is 1. The molecule has 2 unspecified atom stereocenters. The van der Waals surface area contributed by atoms with Crippen molar-refractivity contribution in [2.24, 2.45) is 10.7 Å². The topological polar surface area (TPSA) is 57.3 Å². The standard InChI is InChI=1S/C21H34FN5O.HI/c1-16-13-27(14-17(2)28-16)21(3,4)15-24-20(23)26-11-9-25(10-12-26)19-7-5-18(22)6-8-19;/h5-8,16-17H,9-15H2,1-4H3,(H2,23,24);1H. The van der Waals surface area contributed by atoms with Crippen LogP contribution in [0, 0.1) is 5.82 Å². The van der Waals surface area contributed by atoms with Crippen LogP contribution in [-0.2, 0) is 4.74 Å². The van der Waals surface area contributed by atoms with Gasteiger partial charge in [0.25, 0.3) is 0 Å². The predicted molar refractivity (Wildman–Crippen MR) is 128 cm³/mol. The Labute approximate surface area is 191 Å². The largest absolute Gasteiger partial charge is 0.373 e. The molecule has 164 valence electrons. The quantitative estimate of drug-likeness (QED) is 0.377. The van der Waals surface area contributed by atoms with Crippen molar-refractivity contribution in [2.75, 3.05) is 50.7 Å². The maximum atomic E-state index is 13.1. The van der Waals surface area contributed by atoms with Crippen molar-refractivity contribution in [3.05, 3.63) is 30.1 Å². The van der Waals surface area contributed by atoms with Gasteiger partial charge in [-0.25, -0.2) is 4.39 Å². The molecule has 6 nitrogen and oxygen atoms in total. The molecule has 2 N–H and O–H groups in total. The third-order valence-electron chi connectivity index (χ3n) is 5.70. The first kappa shape index (κ1) is 24.1. The van der Waals surface area contributed by atoms with Crippen molar-refractivity contribution >= 4 is 35.6 Å². The van der Waals surface area contributed by atoms with Crippen LogP contribution in [0.25, 0.3) is 0 Å². The van der Waals surface area contributed by atoms with E-state index >= 15 is 0 Å². The number of hydrogen-bond acceptors (Lipinski definition) is 4. The van der Waals surface area contributed by atoms with Crippen LogP contribution < -0.4 is 10.6 Å². The zero-order valence-electron chi connectivity index (χ0n) is 18.0. The van der Waals surface area contributed by atoms with E-state index in [1.165, 1.54) is 12.1 Å². The number of aliphatic imine (C=N–C) groups is 1. The third-order valence-corrected chi connectivity index (χ3v) is 5.70. The Bertz CT molecular complexity index is 666. The van der Waals surface area contributed by atoms with E-state index in [-0.39, 0.29) is 47.5 Å². The number of anilines is 1. The monoisotopic (exact) mass is 519 g/mol. The van der Waals surface area contributed by atoms with Gasteiger partial charge in [0.15, 0.2) is 5.96 Å². The second-order valence-electron chi connectivity index (χ2n) is 8.60. The molecular weight excluding hydrogens is 484 g/mol. The van der Waals surface area contributed by atoms with E-state index in [2.05, 4.69) is 42.4 Å². The van der Waals surface area contributed by atoms with Gasteiger partial charge in [-0.15, -0.1) is 24.0 Å². The minimum absolute atomic E-state index is 0. The molecule has 0 amide bonds. The second-order valence-corrected chi connectivity index (χ2v) is 8.60. The van der Waals surface area contributed by atoms with Crippen molar-refractivity contribution in [3.8, 4) is 0 Å². The molecule has 2 aliphatic rings. The predicted octanol–water partition coefficient (Wildman–Crippen LogP) is 2.77. The van der Waals surface area contributed by atoms with Crippen molar-refractivity contribution in [3.63, 3.8) is 0 Å². The molecule has 2 saturated heterocycles. The van der Waals surface area contributed by atoms with Crippen LogP contribution in [0.5, 0.6) is 0 Å². The maximum absolute atomic E-state index is 13.1. The van der Waals surface area contributed by atoms with E-state index in [1.54, 1.807) is 0 Å². The molecule has 0 aromatic heterocycles. The molecular formula is C21H35FIN5O. The molecule has 2 fully saturated rings. The number of piperazine rings is 1. The van der Waals surface area contributed by atoms with Gasteiger partial charge in [0.05, 0.1) is 18.8 Å². The van der Waals surface area contributed by atoms with Crippen molar-refractivity contribution in [1.82, 2.24) is 9.80 Å². The summed E-state index contributed by atoms with van der Waals surface area (Å²) in [5.41, 5.74) is 7.30. The summed E-state index contributed by atoms with van der Waals surface area (Å²) in [6, 6.07) is 6.67. The lowest BCUT2D eigenvalue weighted by atomic mass is 10.0. The number of ether oxygens (including phenoxy) is 1. The Hall–Kier alpha value is -1.13. The maximum Gasteiger partial charge on any atom is 0.191 e. The molecule has 0 spiro atoms. The highest BCUT2D eigenvalue weighted by molar-refractivity contribution is 14.0. The smallest absolute Gasteiger partial charge is 0.191 e. The SMILES string of the molecule is CC1CN(C(C)(C)CN=C(N)N2CCN(c3ccc(F)cc3)CC2)CC(C)O1.I. The zero-order valence-corrected chi connectivity index (χ0v) is 20.3. The summed E-state index contributed by atoms with van der Waals surface area (Å²) in [4.78, 5) is 11.6. The average Bonchev–Trinajstić information content (AvgIpc) is 2.66. The second kappa shape index (κ2) is 10.3. The number of nitrogens with zero attached hydrogens (tertiary/aromatic N) is 4. The summed E-state index contributed by atoms with van der Waals surface area (Å²) >= 11 is 0. The van der Waals surface area contributed by atoms with E-state index < -0.39 is 0 Å². The number of benzene rings is 1. The van der Waals surface area contributed by atoms with Crippen LogP contribution in [0.4, 0.5) is 10.1 Å². The Balaban J connectivity index is 0.00000300. The Morgan fingerprint density at radius 1 is 1.10 bits per heavy atom. The van der Waals surface area contributed by atoms with Crippen LogP contribution in [-0.4, -0.2) is 79.3 Å². The summed E-state index contributed by atoms with van der Waals surface area (Å²) in [5.74, 6) is 0.409. The van der Waals surface area contributed by atoms with Crippen LogP contribution >= 0.6 is 24.0 Å². The van der Waals surface area contributed by atoms with Gasteiger partial charge in [0.1, 0.15) is 5.82 Å². The summed E-state index contributed by atoms with van der Waals surface area (Å²) < 4.78 is 19.0. The van der Waals surface area contributed by atoms with Gasteiger partial charge >= 0.3 is 0 Å². The highest BCUT2D eigenvalue weighted by Crippen LogP contribution is 2.22. The van der Waals surface area contributed by atoms with E-state index in [0.29, 0.717) is 12.5 Å². The lowest BCUT2D eigenvalue weighted by molar-refractivity contribution is -0.0939. The number of guanidine groups is 1. The normalized spacial score (nSPS) is 24.4. The molecule has 1 aromatic rings.